The van der Waals surface area contributed by atoms with Crippen molar-refractivity contribution in [3.63, 3.8) is 0 Å². The van der Waals surface area contributed by atoms with Crippen LogP contribution >= 0.6 is 0 Å². The molecule has 0 aliphatic heterocycles. The van der Waals surface area contributed by atoms with E-state index < -0.39 is 0 Å². The Balaban J connectivity index is 2.21. The molecule has 0 aromatic heterocycles. The van der Waals surface area contributed by atoms with Crippen molar-refractivity contribution in [1.82, 2.24) is 5.48 Å². The molecule has 0 amide bonds. The first-order valence-corrected chi connectivity index (χ1v) is 4.81. The van der Waals surface area contributed by atoms with Gasteiger partial charge in [0.1, 0.15) is 5.75 Å². The zero-order chi connectivity index (χ0) is 10.4. The van der Waals surface area contributed by atoms with Crippen LogP contribution in [0.15, 0.2) is 24.3 Å². The second kappa shape index (κ2) is 5.62. The zero-order valence-electron chi connectivity index (χ0n) is 8.66. The third-order valence-electron chi connectivity index (χ3n) is 1.73. The molecule has 14 heavy (non-hydrogen) atoms. The Morgan fingerprint density at radius 2 is 1.93 bits per heavy atom. The number of rotatable bonds is 5. The van der Waals surface area contributed by atoms with E-state index >= 15 is 0 Å². The summed E-state index contributed by atoms with van der Waals surface area (Å²) in [6, 6.07) is 7.06. The van der Waals surface area contributed by atoms with Crippen molar-refractivity contribution in [1.29, 1.82) is 0 Å². The Morgan fingerprint density at radius 1 is 1.29 bits per heavy atom. The summed E-state index contributed by atoms with van der Waals surface area (Å²) in [4.78, 5) is 5.22. The smallest absolute Gasteiger partial charge is 0.115 e. The summed E-state index contributed by atoms with van der Waals surface area (Å²) in [5, 5.41) is 9.05. The van der Waals surface area contributed by atoms with Gasteiger partial charge in [-0.25, -0.2) is 0 Å². The fourth-order valence-electron chi connectivity index (χ4n) is 0.974. The number of hydrogen-bond donors (Lipinski definition) is 2. The second-order valence-corrected chi connectivity index (χ2v) is 3.69. The molecule has 0 radical (unpaired) electrons. The van der Waals surface area contributed by atoms with Gasteiger partial charge in [-0.15, -0.1) is 0 Å². The summed E-state index contributed by atoms with van der Waals surface area (Å²) in [7, 11) is 0. The number of benzene rings is 1. The van der Waals surface area contributed by atoms with Crippen LogP contribution in [0.2, 0.25) is 0 Å². The van der Waals surface area contributed by atoms with E-state index in [2.05, 4.69) is 19.3 Å². The lowest BCUT2D eigenvalue weighted by molar-refractivity contribution is 0.0196. The first-order valence-electron chi connectivity index (χ1n) is 4.81. The summed E-state index contributed by atoms with van der Waals surface area (Å²) >= 11 is 0. The van der Waals surface area contributed by atoms with E-state index in [0.717, 1.165) is 5.56 Å². The van der Waals surface area contributed by atoms with E-state index in [4.69, 9.17) is 9.94 Å². The highest BCUT2D eigenvalue weighted by Crippen LogP contribution is 2.09. The molecule has 1 aromatic carbocycles. The molecular formula is C11H17NO2. The first kappa shape index (κ1) is 11.0. The van der Waals surface area contributed by atoms with Crippen molar-refractivity contribution in [2.45, 2.75) is 20.4 Å². The van der Waals surface area contributed by atoms with Gasteiger partial charge in [-0.2, -0.15) is 5.48 Å². The van der Waals surface area contributed by atoms with Gasteiger partial charge in [0.05, 0.1) is 6.61 Å². The maximum absolute atomic E-state index is 9.05. The van der Waals surface area contributed by atoms with Gasteiger partial charge in [-0.05, 0) is 23.6 Å². The van der Waals surface area contributed by atoms with Gasteiger partial charge in [0.15, 0.2) is 0 Å². The van der Waals surface area contributed by atoms with Gasteiger partial charge in [-0.1, -0.05) is 26.0 Å². The predicted octanol–water partition coefficient (Wildman–Crippen LogP) is 2.07. The van der Waals surface area contributed by atoms with Crippen LogP contribution in [0.4, 0.5) is 0 Å². The Labute approximate surface area is 84.7 Å². The van der Waals surface area contributed by atoms with Crippen LogP contribution in [0, 0.1) is 5.92 Å². The molecule has 0 aliphatic carbocycles. The fraction of sp³-hybridized carbons (Fsp3) is 0.455. The monoisotopic (exact) mass is 195 g/mol. The Hall–Kier alpha value is -1.06. The summed E-state index contributed by atoms with van der Waals surface area (Å²) in [6.07, 6.45) is 0. The van der Waals surface area contributed by atoms with Gasteiger partial charge < -0.3 is 9.94 Å². The predicted molar refractivity (Wildman–Crippen MR) is 55.7 cm³/mol. The van der Waals surface area contributed by atoms with E-state index in [0.29, 0.717) is 19.1 Å². The van der Waals surface area contributed by atoms with Crippen molar-refractivity contribution in [3.8, 4) is 5.75 Å². The number of phenols is 1. The molecule has 0 saturated heterocycles. The normalized spacial score (nSPS) is 10.8. The van der Waals surface area contributed by atoms with Gasteiger partial charge in [-0.3, -0.25) is 0 Å². The molecule has 3 nitrogen and oxygen atoms in total. The first-order chi connectivity index (χ1) is 6.68. The average Bonchev–Trinajstić information content (AvgIpc) is 2.15. The lowest BCUT2D eigenvalue weighted by atomic mass is 10.2. The van der Waals surface area contributed by atoms with Gasteiger partial charge in [0.2, 0.25) is 0 Å². The molecule has 0 heterocycles. The van der Waals surface area contributed by atoms with E-state index in [-0.39, 0.29) is 5.75 Å². The number of hydrogen-bond acceptors (Lipinski definition) is 3. The molecule has 0 atom stereocenters. The number of phenolic OH excluding ortho intramolecular Hbond substituents is 1. The zero-order valence-corrected chi connectivity index (χ0v) is 8.66. The van der Waals surface area contributed by atoms with Crippen LogP contribution in [0.25, 0.3) is 0 Å². The Kier molecular flexibility index (Phi) is 4.43. The molecule has 0 unspecified atom stereocenters. The molecule has 0 bridgehead atoms. The molecule has 1 aromatic rings. The van der Waals surface area contributed by atoms with Crippen molar-refractivity contribution in [2.75, 3.05) is 6.61 Å². The van der Waals surface area contributed by atoms with Gasteiger partial charge in [0.25, 0.3) is 0 Å². The van der Waals surface area contributed by atoms with E-state index in [1.165, 1.54) is 0 Å². The lowest BCUT2D eigenvalue weighted by Gasteiger charge is -2.07. The van der Waals surface area contributed by atoms with E-state index in [9.17, 15) is 0 Å². The minimum atomic E-state index is 0.289. The molecule has 78 valence electrons. The molecule has 3 heteroatoms. The molecule has 0 spiro atoms. The van der Waals surface area contributed by atoms with Gasteiger partial charge in [0, 0.05) is 6.54 Å². The summed E-state index contributed by atoms with van der Waals surface area (Å²) in [6.45, 7) is 5.57. The van der Waals surface area contributed by atoms with E-state index in [1.807, 2.05) is 12.1 Å². The third-order valence-corrected chi connectivity index (χ3v) is 1.73. The highest BCUT2D eigenvalue weighted by molar-refractivity contribution is 5.25. The Morgan fingerprint density at radius 3 is 2.50 bits per heavy atom. The topological polar surface area (TPSA) is 41.5 Å². The highest BCUT2D eigenvalue weighted by atomic mass is 16.6. The van der Waals surface area contributed by atoms with E-state index in [1.54, 1.807) is 12.1 Å². The second-order valence-electron chi connectivity index (χ2n) is 3.69. The summed E-state index contributed by atoms with van der Waals surface area (Å²) in [5.41, 5.74) is 3.96. The highest BCUT2D eigenvalue weighted by Gasteiger charge is 1.95. The standard InChI is InChI=1S/C11H17NO2/c1-9(2)8-14-12-7-10-3-5-11(13)6-4-10/h3-6,9,12-13H,7-8H2,1-2H3. The minimum Gasteiger partial charge on any atom is -0.508 e. The van der Waals surface area contributed by atoms with Crippen molar-refractivity contribution >= 4 is 0 Å². The van der Waals surface area contributed by atoms with Gasteiger partial charge >= 0.3 is 0 Å². The fourth-order valence-corrected chi connectivity index (χ4v) is 0.974. The molecule has 0 saturated carbocycles. The van der Waals surface area contributed by atoms with Crippen LogP contribution in [-0.2, 0) is 11.4 Å². The Bertz CT molecular complexity index is 256. The van der Waals surface area contributed by atoms with Crippen molar-refractivity contribution in [3.05, 3.63) is 29.8 Å². The third kappa shape index (κ3) is 4.25. The summed E-state index contributed by atoms with van der Waals surface area (Å²) in [5.74, 6) is 0.819. The van der Waals surface area contributed by atoms with Crippen molar-refractivity contribution in [2.24, 2.45) is 5.92 Å². The number of hydroxylamine groups is 1. The largest absolute Gasteiger partial charge is 0.508 e. The minimum absolute atomic E-state index is 0.289. The quantitative estimate of drug-likeness (QED) is 0.558. The van der Waals surface area contributed by atoms with Crippen LogP contribution < -0.4 is 5.48 Å². The molecule has 1 rings (SSSR count). The van der Waals surface area contributed by atoms with Crippen LogP contribution in [0.1, 0.15) is 19.4 Å². The molecular weight excluding hydrogens is 178 g/mol. The molecule has 2 N–H and O–H groups in total. The van der Waals surface area contributed by atoms with Crippen LogP contribution in [0.3, 0.4) is 0 Å². The average molecular weight is 195 g/mol. The maximum atomic E-state index is 9.05. The molecule has 0 aliphatic rings. The lowest BCUT2D eigenvalue weighted by Crippen LogP contribution is -2.17. The van der Waals surface area contributed by atoms with Crippen LogP contribution in [0.5, 0.6) is 5.75 Å². The summed E-state index contributed by atoms with van der Waals surface area (Å²) < 4.78 is 0. The maximum Gasteiger partial charge on any atom is 0.115 e. The van der Waals surface area contributed by atoms with Crippen LogP contribution in [-0.4, -0.2) is 11.7 Å². The van der Waals surface area contributed by atoms with Crippen molar-refractivity contribution < 1.29 is 9.94 Å². The SMILES string of the molecule is CC(C)CONCc1ccc(O)cc1. The number of nitrogens with one attached hydrogen (secondary N) is 1. The molecule has 0 fully saturated rings. The number of aromatic hydroxyl groups is 1.